The second-order valence-electron chi connectivity index (χ2n) is 6.23. The lowest BCUT2D eigenvalue weighted by Crippen LogP contribution is -2.40. The predicted molar refractivity (Wildman–Crippen MR) is 102 cm³/mol. The summed E-state index contributed by atoms with van der Waals surface area (Å²) in [5, 5.41) is 0. The van der Waals surface area contributed by atoms with Crippen LogP contribution in [0.4, 0.5) is 11.4 Å². The first-order chi connectivity index (χ1) is 11.9. The summed E-state index contributed by atoms with van der Waals surface area (Å²) >= 11 is 0. The number of rotatable bonds is 4. The van der Waals surface area contributed by atoms with E-state index < -0.39 is 0 Å². The largest absolute Gasteiger partial charge is 0.349 e. The van der Waals surface area contributed by atoms with Crippen LogP contribution >= 0.6 is 0 Å². The van der Waals surface area contributed by atoms with Gasteiger partial charge in [0.05, 0.1) is 0 Å². The van der Waals surface area contributed by atoms with Crippen molar-refractivity contribution in [2.24, 2.45) is 0 Å². The van der Waals surface area contributed by atoms with Crippen LogP contribution in [0, 0.1) is 0 Å². The number of anilines is 2. The third-order valence-electron chi connectivity index (χ3n) is 4.74. The molecule has 0 unspecified atom stereocenters. The third kappa shape index (κ3) is 3.00. The van der Waals surface area contributed by atoms with E-state index in [4.69, 9.17) is 0 Å². The lowest BCUT2D eigenvalue weighted by atomic mass is 10.1. The summed E-state index contributed by atoms with van der Waals surface area (Å²) in [4.78, 5) is 5.06. The van der Waals surface area contributed by atoms with Gasteiger partial charge in [-0.2, -0.15) is 0 Å². The molecule has 3 aromatic rings. The van der Waals surface area contributed by atoms with Crippen molar-refractivity contribution in [1.29, 1.82) is 0 Å². The van der Waals surface area contributed by atoms with Crippen molar-refractivity contribution in [3.8, 4) is 0 Å². The van der Waals surface area contributed by atoms with Crippen LogP contribution in [0.25, 0.3) is 0 Å². The molecule has 1 fully saturated rings. The fourth-order valence-electron chi connectivity index (χ4n) is 3.57. The minimum Gasteiger partial charge on any atom is -0.349 e. The third-order valence-corrected chi connectivity index (χ3v) is 4.74. The fourth-order valence-corrected chi connectivity index (χ4v) is 3.57. The maximum Gasteiger partial charge on any atom is 0.106 e. The SMILES string of the molecule is c1ccc(CC2N(c3ccccc3)CCN2c2ccccc2)cc1. The van der Waals surface area contributed by atoms with E-state index in [0.717, 1.165) is 19.5 Å². The van der Waals surface area contributed by atoms with E-state index in [1.54, 1.807) is 0 Å². The van der Waals surface area contributed by atoms with E-state index in [1.807, 2.05) is 0 Å². The molecule has 1 heterocycles. The summed E-state index contributed by atoms with van der Waals surface area (Å²) in [6.07, 6.45) is 1.36. The van der Waals surface area contributed by atoms with Gasteiger partial charge in [0.25, 0.3) is 0 Å². The Kier molecular flexibility index (Phi) is 4.20. The van der Waals surface area contributed by atoms with E-state index in [9.17, 15) is 0 Å². The summed E-state index contributed by atoms with van der Waals surface area (Å²) in [7, 11) is 0. The van der Waals surface area contributed by atoms with Crippen molar-refractivity contribution in [1.82, 2.24) is 0 Å². The van der Waals surface area contributed by atoms with Crippen LogP contribution in [-0.4, -0.2) is 19.3 Å². The van der Waals surface area contributed by atoms with Gasteiger partial charge in [0.2, 0.25) is 0 Å². The standard InChI is InChI=1S/C22H22N2/c1-4-10-19(11-5-1)18-22-23(20-12-6-2-7-13-20)16-17-24(22)21-14-8-3-9-15-21/h1-15,22H,16-18H2. The predicted octanol–water partition coefficient (Wildman–Crippen LogP) is 4.58. The highest BCUT2D eigenvalue weighted by Gasteiger charge is 2.32. The quantitative estimate of drug-likeness (QED) is 0.695. The molecule has 4 rings (SSSR count). The monoisotopic (exact) mass is 314 g/mol. The Morgan fingerprint density at radius 3 is 1.46 bits per heavy atom. The van der Waals surface area contributed by atoms with Crippen molar-refractivity contribution in [3.63, 3.8) is 0 Å². The lowest BCUT2D eigenvalue weighted by Gasteiger charge is -2.33. The normalized spacial score (nSPS) is 15.0. The summed E-state index contributed by atoms with van der Waals surface area (Å²) in [6.45, 7) is 2.10. The Morgan fingerprint density at radius 2 is 1.00 bits per heavy atom. The van der Waals surface area contributed by atoms with Crippen LogP contribution in [0.15, 0.2) is 91.0 Å². The maximum atomic E-state index is 2.53. The Bertz CT molecular complexity index is 708. The number of hydrogen-bond donors (Lipinski definition) is 0. The zero-order chi connectivity index (χ0) is 16.2. The first-order valence-corrected chi connectivity index (χ1v) is 8.59. The highest BCUT2D eigenvalue weighted by molar-refractivity contribution is 5.57. The van der Waals surface area contributed by atoms with Gasteiger partial charge in [-0.25, -0.2) is 0 Å². The highest BCUT2D eigenvalue weighted by Crippen LogP contribution is 2.29. The second-order valence-corrected chi connectivity index (χ2v) is 6.23. The molecule has 0 amide bonds. The van der Waals surface area contributed by atoms with Gasteiger partial charge in [-0.1, -0.05) is 66.7 Å². The molecule has 2 heteroatoms. The Labute approximate surface area is 144 Å². The van der Waals surface area contributed by atoms with Gasteiger partial charge < -0.3 is 9.80 Å². The number of nitrogens with zero attached hydrogens (tertiary/aromatic N) is 2. The molecule has 0 atom stereocenters. The molecule has 1 aliphatic rings. The van der Waals surface area contributed by atoms with Crippen LogP contribution in [0.3, 0.4) is 0 Å². The molecule has 0 aromatic heterocycles. The Hall–Kier alpha value is -2.74. The highest BCUT2D eigenvalue weighted by atomic mass is 15.4. The summed E-state index contributed by atoms with van der Waals surface area (Å²) in [6, 6.07) is 32.3. The molecule has 2 nitrogen and oxygen atoms in total. The molecule has 3 aromatic carbocycles. The Balaban J connectivity index is 1.67. The van der Waals surface area contributed by atoms with Gasteiger partial charge >= 0.3 is 0 Å². The van der Waals surface area contributed by atoms with Crippen molar-refractivity contribution >= 4 is 11.4 Å². The van der Waals surface area contributed by atoms with Gasteiger partial charge in [0.1, 0.15) is 6.17 Å². The van der Waals surface area contributed by atoms with Crippen LogP contribution < -0.4 is 9.80 Å². The zero-order valence-electron chi connectivity index (χ0n) is 13.8. The molecule has 0 saturated carbocycles. The Morgan fingerprint density at radius 1 is 0.583 bits per heavy atom. The molecule has 24 heavy (non-hydrogen) atoms. The minimum atomic E-state index is 0.345. The summed E-state index contributed by atoms with van der Waals surface area (Å²) in [5.74, 6) is 0. The molecule has 0 spiro atoms. The molecule has 120 valence electrons. The van der Waals surface area contributed by atoms with Crippen LogP contribution in [0.1, 0.15) is 5.56 Å². The molecule has 1 saturated heterocycles. The summed E-state index contributed by atoms with van der Waals surface area (Å²) < 4.78 is 0. The topological polar surface area (TPSA) is 6.48 Å². The van der Waals surface area contributed by atoms with Crippen LogP contribution in [0.2, 0.25) is 0 Å². The van der Waals surface area contributed by atoms with Gasteiger partial charge in [-0.3, -0.25) is 0 Å². The van der Waals surface area contributed by atoms with Crippen LogP contribution in [-0.2, 0) is 6.42 Å². The van der Waals surface area contributed by atoms with E-state index in [0.29, 0.717) is 6.17 Å². The van der Waals surface area contributed by atoms with Gasteiger partial charge in [0.15, 0.2) is 0 Å². The maximum absolute atomic E-state index is 2.53. The van der Waals surface area contributed by atoms with Gasteiger partial charge in [0, 0.05) is 30.9 Å². The molecule has 0 N–H and O–H groups in total. The fraction of sp³-hybridized carbons (Fsp3) is 0.182. The lowest BCUT2D eigenvalue weighted by molar-refractivity contribution is 0.663. The average molecular weight is 314 g/mol. The molecular weight excluding hydrogens is 292 g/mol. The van der Waals surface area contributed by atoms with E-state index in [2.05, 4.69) is 101 Å². The molecule has 0 aliphatic carbocycles. The molecular formula is C22H22N2. The number of hydrogen-bond acceptors (Lipinski definition) is 2. The molecule has 0 radical (unpaired) electrons. The van der Waals surface area contributed by atoms with Crippen molar-refractivity contribution in [3.05, 3.63) is 96.6 Å². The number of benzene rings is 3. The smallest absolute Gasteiger partial charge is 0.106 e. The van der Waals surface area contributed by atoms with Gasteiger partial charge in [-0.05, 0) is 29.8 Å². The molecule has 0 bridgehead atoms. The van der Waals surface area contributed by atoms with Crippen molar-refractivity contribution in [2.75, 3.05) is 22.9 Å². The first-order valence-electron chi connectivity index (χ1n) is 8.59. The average Bonchev–Trinajstić information content (AvgIpc) is 3.07. The molecule has 1 aliphatic heterocycles. The summed E-state index contributed by atoms with van der Waals surface area (Å²) in [5.41, 5.74) is 3.99. The van der Waals surface area contributed by atoms with Crippen molar-refractivity contribution in [2.45, 2.75) is 12.6 Å². The zero-order valence-corrected chi connectivity index (χ0v) is 13.8. The van der Waals surface area contributed by atoms with Gasteiger partial charge in [-0.15, -0.1) is 0 Å². The van der Waals surface area contributed by atoms with E-state index in [-0.39, 0.29) is 0 Å². The van der Waals surface area contributed by atoms with Crippen LogP contribution in [0.5, 0.6) is 0 Å². The van der Waals surface area contributed by atoms with E-state index >= 15 is 0 Å². The van der Waals surface area contributed by atoms with E-state index in [1.165, 1.54) is 16.9 Å². The van der Waals surface area contributed by atoms with Crippen molar-refractivity contribution < 1.29 is 0 Å². The number of para-hydroxylation sites is 2. The first kappa shape index (κ1) is 14.8. The minimum absolute atomic E-state index is 0.345. The second kappa shape index (κ2) is 6.79.